The second-order valence-electron chi connectivity index (χ2n) is 4.27. The molecule has 1 aromatic rings. The monoisotopic (exact) mass is 253 g/mol. The number of benzene rings is 1. The Morgan fingerprint density at radius 3 is 2.72 bits per heavy atom. The van der Waals surface area contributed by atoms with E-state index in [1.54, 1.807) is 13.8 Å². The van der Waals surface area contributed by atoms with Crippen molar-refractivity contribution < 1.29 is 19.1 Å². The Hall–Kier alpha value is -1.91. The van der Waals surface area contributed by atoms with Gasteiger partial charge in [0, 0.05) is 18.0 Å². The van der Waals surface area contributed by atoms with Crippen LogP contribution >= 0.6 is 0 Å². The van der Waals surface area contributed by atoms with Crippen LogP contribution in [-0.4, -0.2) is 23.0 Å². The molecule has 1 rings (SSSR count). The maximum atomic E-state index is 13.0. The van der Waals surface area contributed by atoms with Crippen LogP contribution in [0.3, 0.4) is 0 Å². The molecule has 98 valence electrons. The molecule has 2 N–H and O–H groups in total. The SMILES string of the molecule is Cc1ccc(F)cc1C(=O)N[C@@H](C)CCC(=O)O. The minimum Gasteiger partial charge on any atom is -0.481 e. The minimum absolute atomic E-state index is 0.0103. The Morgan fingerprint density at radius 1 is 1.44 bits per heavy atom. The summed E-state index contributed by atoms with van der Waals surface area (Å²) in [6.45, 7) is 3.44. The molecule has 0 aromatic heterocycles. The zero-order valence-corrected chi connectivity index (χ0v) is 10.4. The summed E-state index contributed by atoms with van der Waals surface area (Å²) in [4.78, 5) is 22.2. The van der Waals surface area contributed by atoms with Gasteiger partial charge in [-0.3, -0.25) is 9.59 Å². The number of nitrogens with one attached hydrogen (secondary N) is 1. The third kappa shape index (κ3) is 4.16. The Labute approximate surface area is 105 Å². The smallest absolute Gasteiger partial charge is 0.303 e. The fraction of sp³-hybridized carbons (Fsp3) is 0.385. The van der Waals surface area contributed by atoms with E-state index >= 15 is 0 Å². The molecule has 4 nitrogen and oxygen atoms in total. The summed E-state index contributed by atoms with van der Waals surface area (Å²) in [7, 11) is 0. The quantitative estimate of drug-likeness (QED) is 0.844. The Morgan fingerprint density at radius 2 is 2.11 bits per heavy atom. The summed E-state index contributed by atoms with van der Waals surface area (Å²) < 4.78 is 13.0. The van der Waals surface area contributed by atoms with E-state index in [0.29, 0.717) is 12.0 Å². The molecule has 0 radical (unpaired) electrons. The van der Waals surface area contributed by atoms with Gasteiger partial charge in [-0.1, -0.05) is 6.07 Å². The van der Waals surface area contributed by atoms with Gasteiger partial charge in [0.15, 0.2) is 0 Å². The Bertz CT molecular complexity index is 460. The number of carbonyl (C=O) groups is 2. The highest BCUT2D eigenvalue weighted by atomic mass is 19.1. The van der Waals surface area contributed by atoms with Gasteiger partial charge in [-0.25, -0.2) is 4.39 Å². The highest BCUT2D eigenvalue weighted by molar-refractivity contribution is 5.95. The van der Waals surface area contributed by atoms with Gasteiger partial charge in [0.05, 0.1) is 0 Å². The predicted molar refractivity (Wildman–Crippen MR) is 64.9 cm³/mol. The Kier molecular flexibility index (Phi) is 4.83. The molecule has 0 saturated heterocycles. The fourth-order valence-electron chi connectivity index (χ4n) is 1.55. The lowest BCUT2D eigenvalue weighted by Crippen LogP contribution is -2.33. The summed E-state index contributed by atoms with van der Waals surface area (Å²) >= 11 is 0. The van der Waals surface area contributed by atoms with Crippen LogP contribution in [0.4, 0.5) is 4.39 Å². The number of amides is 1. The van der Waals surface area contributed by atoms with Crippen molar-refractivity contribution in [2.45, 2.75) is 32.7 Å². The van der Waals surface area contributed by atoms with Crippen molar-refractivity contribution in [2.75, 3.05) is 0 Å². The third-order valence-electron chi connectivity index (χ3n) is 2.61. The molecule has 0 bridgehead atoms. The molecule has 18 heavy (non-hydrogen) atoms. The van der Waals surface area contributed by atoms with E-state index in [9.17, 15) is 14.0 Å². The zero-order valence-electron chi connectivity index (χ0n) is 10.4. The molecule has 0 heterocycles. The molecule has 1 aromatic carbocycles. The summed E-state index contributed by atoms with van der Waals surface area (Å²) in [5.41, 5.74) is 0.955. The van der Waals surface area contributed by atoms with Gasteiger partial charge in [0.1, 0.15) is 5.82 Å². The van der Waals surface area contributed by atoms with Crippen molar-refractivity contribution in [3.05, 3.63) is 35.1 Å². The van der Waals surface area contributed by atoms with Crippen molar-refractivity contribution >= 4 is 11.9 Å². The van der Waals surface area contributed by atoms with E-state index < -0.39 is 11.8 Å². The molecule has 0 fully saturated rings. The van der Waals surface area contributed by atoms with E-state index in [1.807, 2.05) is 0 Å². The molecular weight excluding hydrogens is 237 g/mol. The molecule has 0 spiro atoms. The van der Waals surface area contributed by atoms with Crippen LogP contribution in [0.2, 0.25) is 0 Å². The van der Waals surface area contributed by atoms with Gasteiger partial charge >= 0.3 is 5.97 Å². The number of rotatable bonds is 5. The standard InChI is InChI=1S/C13H16FNO3/c1-8-3-5-10(14)7-11(8)13(18)15-9(2)4-6-12(16)17/h3,5,7,9H,4,6H2,1-2H3,(H,15,18)(H,16,17)/t9-/m0/s1. The second kappa shape index (κ2) is 6.14. The van der Waals surface area contributed by atoms with Crippen molar-refractivity contribution in [3.63, 3.8) is 0 Å². The molecule has 5 heteroatoms. The van der Waals surface area contributed by atoms with Crippen LogP contribution in [0.1, 0.15) is 35.7 Å². The molecule has 0 aliphatic heterocycles. The highest BCUT2D eigenvalue weighted by Crippen LogP contribution is 2.10. The van der Waals surface area contributed by atoms with Crippen molar-refractivity contribution in [2.24, 2.45) is 0 Å². The number of hydrogen-bond acceptors (Lipinski definition) is 2. The second-order valence-corrected chi connectivity index (χ2v) is 4.27. The number of carbonyl (C=O) groups excluding carboxylic acids is 1. The van der Waals surface area contributed by atoms with E-state index in [0.717, 1.165) is 0 Å². The lowest BCUT2D eigenvalue weighted by Gasteiger charge is -2.14. The summed E-state index contributed by atoms with van der Waals surface area (Å²) in [6, 6.07) is 3.73. The number of aryl methyl sites for hydroxylation is 1. The van der Waals surface area contributed by atoms with Crippen LogP contribution in [0.25, 0.3) is 0 Å². The van der Waals surface area contributed by atoms with Gasteiger partial charge in [0.25, 0.3) is 5.91 Å². The van der Waals surface area contributed by atoms with Gasteiger partial charge in [-0.05, 0) is 38.0 Å². The van der Waals surface area contributed by atoms with Crippen LogP contribution in [0.5, 0.6) is 0 Å². The lowest BCUT2D eigenvalue weighted by molar-refractivity contribution is -0.137. The number of halogens is 1. The molecule has 0 saturated carbocycles. The largest absolute Gasteiger partial charge is 0.481 e. The summed E-state index contributed by atoms with van der Waals surface area (Å²) in [6.07, 6.45) is 0.332. The van der Waals surface area contributed by atoms with Crippen LogP contribution < -0.4 is 5.32 Å². The molecule has 0 unspecified atom stereocenters. The van der Waals surface area contributed by atoms with Crippen molar-refractivity contribution in [1.82, 2.24) is 5.32 Å². The van der Waals surface area contributed by atoms with E-state index in [1.165, 1.54) is 18.2 Å². The number of carboxylic acid groups (broad SMARTS) is 1. The predicted octanol–water partition coefficient (Wildman–Crippen LogP) is 2.12. The summed E-state index contributed by atoms with van der Waals surface area (Å²) in [5, 5.41) is 11.2. The molecule has 0 aliphatic rings. The fourth-order valence-corrected chi connectivity index (χ4v) is 1.55. The maximum absolute atomic E-state index is 13.0. The first kappa shape index (κ1) is 14.2. The highest BCUT2D eigenvalue weighted by Gasteiger charge is 2.13. The van der Waals surface area contributed by atoms with Crippen molar-refractivity contribution in [1.29, 1.82) is 0 Å². The minimum atomic E-state index is -0.905. The maximum Gasteiger partial charge on any atom is 0.303 e. The Balaban J connectivity index is 2.64. The number of carboxylic acids is 1. The molecular formula is C13H16FNO3. The average molecular weight is 253 g/mol. The number of hydrogen-bond donors (Lipinski definition) is 2. The summed E-state index contributed by atoms with van der Waals surface area (Å²) in [5.74, 6) is -1.76. The van der Waals surface area contributed by atoms with Gasteiger partial charge in [-0.15, -0.1) is 0 Å². The zero-order chi connectivity index (χ0) is 13.7. The third-order valence-corrected chi connectivity index (χ3v) is 2.61. The van der Waals surface area contributed by atoms with Crippen LogP contribution in [-0.2, 0) is 4.79 Å². The lowest BCUT2D eigenvalue weighted by atomic mass is 10.1. The number of aliphatic carboxylic acids is 1. The van der Waals surface area contributed by atoms with E-state index in [2.05, 4.69) is 5.32 Å². The van der Waals surface area contributed by atoms with Crippen LogP contribution in [0.15, 0.2) is 18.2 Å². The van der Waals surface area contributed by atoms with E-state index in [-0.39, 0.29) is 23.9 Å². The van der Waals surface area contributed by atoms with Crippen LogP contribution in [0, 0.1) is 12.7 Å². The van der Waals surface area contributed by atoms with E-state index in [4.69, 9.17) is 5.11 Å². The first-order chi connectivity index (χ1) is 8.40. The van der Waals surface area contributed by atoms with Gasteiger partial charge < -0.3 is 10.4 Å². The molecule has 1 atom stereocenters. The average Bonchev–Trinajstić information content (AvgIpc) is 2.29. The van der Waals surface area contributed by atoms with Gasteiger partial charge in [0.2, 0.25) is 0 Å². The van der Waals surface area contributed by atoms with Gasteiger partial charge in [-0.2, -0.15) is 0 Å². The normalized spacial score (nSPS) is 11.9. The first-order valence-electron chi connectivity index (χ1n) is 5.69. The molecule has 1 amide bonds. The topological polar surface area (TPSA) is 66.4 Å². The van der Waals surface area contributed by atoms with Crippen molar-refractivity contribution in [3.8, 4) is 0 Å². The molecule has 0 aliphatic carbocycles. The first-order valence-corrected chi connectivity index (χ1v) is 5.69.